The molecule has 0 saturated carbocycles. The van der Waals surface area contributed by atoms with Gasteiger partial charge in [0.15, 0.2) is 0 Å². The topological polar surface area (TPSA) is 87.1 Å². The molecule has 2 amide bonds. The number of hydrogen-bond acceptors (Lipinski definition) is 6. The normalized spacial score (nSPS) is 29.7. The number of esters is 1. The molecule has 8 heteroatoms. The summed E-state index contributed by atoms with van der Waals surface area (Å²) in [7, 11) is 0. The molecule has 0 aromatic carbocycles. The van der Waals surface area contributed by atoms with Crippen molar-refractivity contribution in [2.24, 2.45) is 11.8 Å². The molecule has 3 saturated heterocycles. The fourth-order valence-electron chi connectivity index (χ4n) is 6.20. The zero-order valence-electron chi connectivity index (χ0n) is 21.3. The number of unbranched alkanes of at least 4 members (excludes halogenated alkanes) is 2. The van der Waals surface area contributed by atoms with E-state index in [1.54, 1.807) is 22.7 Å². The lowest BCUT2D eigenvalue weighted by atomic mass is 9.71. The molecule has 6 atom stereocenters. The van der Waals surface area contributed by atoms with Crippen molar-refractivity contribution in [3.63, 3.8) is 0 Å². The van der Waals surface area contributed by atoms with E-state index in [9.17, 15) is 19.5 Å². The predicted octanol–water partition coefficient (Wildman–Crippen LogP) is 3.56. The van der Waals surface area contributed by atoms with Gasteiger partial charge in [0.05, 0.1) is 23.2 Å². The summed E-state index contributed by atoms with van der Waals surface area (Å²) in [5, 5.41) is 9.49. The van der Waals surface area contributed by atoms with Gasteiger partial charge in [0.25, 0.3) is 0 Å². The summed E-state index contributed by atoms with van der Waals surface area (Å²) in [6.07, 6.45) is 9.89. The van der Waals surface area contributed by atoms with Crippen molar-refractivity contribution >= 4 is 29.5 Å². The Morgan fingerprint density at radius 1 is 1.31 bits per heavy atom. The summed E-state index contributed by atoms with van der Waals surface area (Å²) in [5.74, 6) is -1.57. The van der Waals surface area contributed by atoms with Crippen LogP contribution in [0.25, 0.3) is 0 Å². The average molecular weight is 507 g/mol. The van der Waals surface area contributed by atoms with E-state index in [-0.39, 0.29) is 35.7 Å². The Bertz CT molecular complexity index is 804. The van der Waals surface area contributed by atoms with Crippen molar-refractivity contribution in [3.05, 3.63) is 25.3 Å². The maximum Gasteiger partial charge on any atom is 0.310 e. The minimum atomic E-state index is -0.633. The Balaban J connectivity index is 1.88. The van der Waals surface area contributed by atoms with Crippen LogP contribution in [-0.4, -0.2) is 81.1 Å². The van der Waals surface area contributed by atoms with Crippen molar-refractivity contribution in [1.29, 1.82) is 0 Å². The lowest BCUT2D eigenvalue weighted by molar-refractivity contribution is -0.154. The number of aliphatic hydroxyl groups excluding tert-OH is 1. The number of allylic oxidation sites excluding steroid dienone is 1. The van der Waals surface area contributed by atoms with Crippen molar-refractivity contribution in [2.75, 3.05) is 26.3 Å². The van der Waals surface area contributed by atoms with Gasteiger partial charge in [-0.1, -0.05) is 25.5 Å². The molecule has 0 radical (unpaired) electrons. The van der Waals surface area contributed by atoms with E-state index in [1.807, 2.05) is 17.9 Å². The summed E-state index contributed by atoms with van der Waals surface area (Å²) in [4.78, 5) is 44.7. The summed E-state index contributed by atoms with van der Waals surface area (Å²) in [6, 6.07) is -0.609. The van der Waals surface area contributed by atoms with Crippen LogP contribution in [0.3, 0.4) is 0 Å². The number of carbonyl (C=O) groups excluding carboxylic acids is 3. The summed E-state index contributed by atoms with van der Waals surface area (Å²) in [5.41, 5.74) is 0. The molecule has 2 bridgehead atoms. The van der Waals surface area contributed by atoms with E-state index >= 15 is 0 Å². The van der Waals surface area contributed by atoms with Gasteiger partial charge in [0, 0.05) is 31.0 Å². The quantitative estimate of drug-likeness (QED) is 0.208. The minimum absolute atomic E-state index is 0.000775. The molecule has 3 fully saturated rings. The number of likely N-dealkylation sites (tertiary alicyclic amines) is 1. The number of nitrogens with zero attached hydrogens (tertiary/aromatic N) is 2. The number of ether oxygens (including phenoxy) is 1. The number of fused-ring (bicyclic) bond motifs is 1. The second-order valence-electron chi connectivity index (χ2n) is 10.0. The van der Waals surface area contributed by atoms with Gasteiger partial charge in [0.1, 0.15) is 6.04 Å². The molecular weight excluding hydrogens is 464 g/mol. The Morgan fingerprint density at radius 2 is 2.09 bits per heavy atom. The molecule has 0 aliphatic carbocycles. The molecule has 7 nitrogen and oxygen atoms in total. The van der Waals surface area contributed by atoms with Gasteiger partial charge in [-0.25, -0.2) is 0 Å². The molecule has 3 aliphatic rings. The second kappa shape index (κ2) is 12.4. The molecule has 0 aromatic heterocycles. The molecule has 196 valence electrons. The van der Waals surface area contributed by atoms with Crippen molar-refractivity contribution in [3.8, 4) is 0 Å². The van der Waals surface area contributed by atoms with Crippen LogP contribution in [0.5, 0.6) is 0 Å². The highest BCUT2D eigenvalue weighted by Gasteiger charge is 2.74. The van der Waals surface area contributed by atoms with Crippen LogP contribution in [0, 0.1) is 11.8 Å². The van der Waals surface area contributed by atoms with Crippen molar-refractivity contribution < 1.29 is 24.2 Å². The Morgan fingerprint density at radius 3 is 2.74 bits per heavy atom. The van der Waals surface area contributed by atoms with Crippen molar-refractivity contribution in [1.82, 2.24) is 9.80 Å². The van der Waals surface area contributed by atoms with Crippen LogP contribution in [0.2, 0.25) is 0 Å². The van der Waals surface area contributed by atoms with E-state index in [2.05, 4.69) is 20.1 Å². The largest absolute Gasteiger partial charge is 0.465 e. The first-order chi connectivity index (χ1) is 16.9. The van der Waals surface area contributed by atoms with Gasteiger partial charge in [-0.2, -0.15) is 0 Å². The first-order valence-electron chi connectivity index (χ1n) is 13.2. The standard InChI is InChI=1S/C27H42N2O5S/c1-5-8-9-10-18-34-26(33)21-20-13-14-27(35-20)22(21)24(31)29(16-11-17-30)23(27)25(32)28(15-7-3)19(4)12-6-2/h5,7,19-23,30H,1,3,6,8-18H2,2,4H3/t19?,20-,21+,22+,23?,27?/m1/s1. The van der Waals surface area contributed by atoms with Gasteiger partial charge in [0.2, 0.25) is 11.8 Å². The molecule has 3 rings (SSSR count). The number of thioether (sulfide) groups is 1. The summed E-state index contributed by atoms with van der Waals surface area (Å²) >= 11 is 1.66. The molecule has 0 aromatic rings. The SMILES string of the molecule is C=CCCCCOC(=O)[C@@H]1[C@H]2C(=O)N(CCCO)C(C(=O)N(CC=C)C(C)CCC)C23CC[C@H]1S3. The minimum Gasteiger partial charge on any atom is -0.465 e. The van der Waals surface area contributed by atoms with Crippen LogP contribution in [0.15, 0.2) is 25.3 Å². The maximum absolute atomic E-state index is 14.1. The van der Waals surface area contributed by atoms with Crippen LogP contribution in [0.4, 0.5) is 0 Å². The highest BCUT2D eigenvalue weighted by Crippen LogP contribution is 2.66. The van der Waals surface area contributed by atoms with Crippen LogP contribution >= 0.6 is 11.8 Å². The first kappa shape index (κ1) is 27.8. The van der Waals surface area contributed by atoms with Gasteiger partial charge >= 0.3 is 5.97 Å². The van der Waals surface area contributed by atoms with Crippen molar-refractivity contribution in [2.45, 2.75) is 87.3 Å². The van der Waals surface area contributed by atoms with Crippen LogP contribution < -0.4 is 0 Å². The highest BCUT2D eigenvalue weighted by molar-refractivity contribution is 8.02. The molecule has 1 spiro atoms. The molecule has 3 aliphatic heterocycles. The number of aliphatic hydroxyl groups is 1. The average Bonchev–Trinajstić information content (AvgIpc) is 3.48. The number of amides is 2. The zero-order chi connectivity index (χ0) is 25.6. The van der Waals surface area contributed by atoms with Crippen LogP contribution in [0.1, 0.15) is 65.2 Å². The highest BCUT2D eigenvalue weighted by atomic mass is 32.2. The fraction of sp³-hybridized carbons (Fsp3) is 0.741. The third-order valence-electron chi connectivity index (χ3n) is 7.76. The number of carbonyl (C=O) groups is 3. The molecule has 1 N–H and O–H groups in total. The molecule has 3 unspecified atom stereocenters. The molecule has 3 heterocycles. The van der Waals surface area contributed by atoms with Gasteiger partial charge in [-0.3, -0.25) is 14.4 Å². The number of hydrogen-bond donors (Lipinski definition) is 1. The molecular formula is C27H42N2O5S. The maximum atomic E-state index is 14.1. The Kier molecular flexibility index (Phi) is 9.87. The van der Waals surface area contributed by atoms with E-state index in [0.717, 1.165) is 44.9 Å². The van der Waals surface area contributed by atoms with E-state index < -0.39 is 22.6 Å². The lowest BCUT2D eigenvalue weighted by Crippen LogP contribution is -2.56. The van der Waals surface area contributed by atoms with Gasteiger partial charge in [-0.05, 0) is 51.9 Å². The van der Waals surface area contributed by atoms with E-state index in [1.165, 1.54) is 0 Å². The van der Waals surface area contributed by atoms with E-state index in [0.29, 0.717) is 26.1 Å². The van der Waals surface area contributed by atoms with E-state index in [4.69, 9.17) is 4.74 Å². The molecule has 35 heavy (non-hydrogen) atoms. The summed E-state index contributed by atoms with van der Waals surface area (Å²) in [6.45, 7) is 12.7. The predicted molar refractivity (Wildman–Crippen MR) is 139 cm³/mol. The third-order valence-corrected chi connectivity index (χ3v) is 9.71. The Labute approximate surface area is 214 Å². The smallest absolute Gasteiger partial charge is 0.310 e. The lowest BCUT2D eigenvalue weighted by Gasteiger charge is -2.39. The van der Waals surface area contributed by atoms with Gasteiger partial charge in [-0.15, -0.1) is 24.9 Å². The second-order valence-corrected chi connectivity index (χ2v) is 11.6. The first-order valence-corrected chi connectivity index (χ1v) is 14.0. The zero-order valence-corrected chi connectivity index (χ0v) is 22.1. The van der Waals surface area contributed by atoms with Gasteiger partial charge < -0.3 is 19.6 Å². The Hall–Kier alpha value is -1.80. The fourth-order valence-corrected chi connectivity index (χ4v) is 8.40. The monoisotopic (exact) mass is 506 g/mol. The number of rotatable bonds is 15. The summed E-state index contributed by atoms with van der Waals surface area (Å²) < 4.78 is 5.02. The van der Waals surface area contributed by atoms with Crippen LogP contribution in [-0.2, 0) is 19.1 Å². The third kappa shape index (κ3) is 5.33.